The van der Waals surface area contributed by atoms with Gasteiger partial charge in [0, 0.05) is 23.6 Å². The Morgan fingerprint density at radius 1 is 1.10 bits per heavy atom. The van der Waals surface area contributed by atoms with Crippen molar-refractivity contribution in [1.82, 2.24) is 14.8 Å². The van der Waals surface area contributed by atoms with E-state index in [1.165, 1.54) is 0 Å². The molecule has 0 saturated carbocycles. The summed E-state index contributed by atoms with van der Waals surface area (Å²) in [6.07, 6.45) is 5.35. The summed E-state index contributed by atoms with van der Waals surface area (Å²) in [7, 11) is 0. The van der Waals surface area contributed by atoms with Gasteiger partial charge >= 0.3 is 0 Å². The van der Waals surface area contributed by atoms with Crippen LogP contribution in [0.1, 0.15) is 18.5 Å². The van der Waals surface area contributed by atoms with Gasteiger partial charge in [-0.3, -0.25) is 0 Å². The van der Waals surface area contributed by atoms with Crippen LogP contribution in [0, 0.1) is 0 Å². The molecule has 1 aromatic carbocycles. The molecule has 0 amide bonds. The zero-order valence-corrected chi connectivity index (χ0v) is 12.3. The highest BCUT2D eigenvalue weighted by Gasteiger charge is 2.12. The summed E-state index contributed by atoms with van der Waals surface area (Å²) in [5, 5.41) is 8.43. The summed E-state index contributed by atoms with van der Waals surface area (Å²) in [6, 6.07) is 13.6. The fourth-order valence-corrected chi connectivity index (χ4v) is 2.52. The Morgan fingerprint density at radius 3 is 2.71 bits per heavy atom. The standard InChI is InChI=1S/C16H15ClN4/c1-12(13-6-2-3-7-14(13)17)20-15-8-4-9-18-16(15)21-11-5-10-19-21/h2-12,20H,1H3. The molecule has 0 radical (unpaired) electrons. The van der Waals surface area contributed by atoms with Gasteiger partial charge in [0.05, 0.1) is 11.7 Å². The molecule has 1 N–H and O–H groups in total. The number of anilines is 1. The lowest BCUT2D eigenvalue weighted by Crippen LogP contribution is -2.11. The lowest BCUT2D eigenvalue weighted by atomic mass is 10.1. The van der Waals surface area contributed by atoms with Crippen molar-refractivity contribution in [2.45, 2.75) is 13.0 Å². The minimum absolute atomic E-state index is 0.0669. The third-order valence-corrected chi connectivity index (χ3v) is 3.60. The van der Waals surface area contributed by atoms with Crippen molar-refractivity contribution in [2.75, 3.05) is 5.32 Å². The molecule has 0 fully saturated rings. The van der Waals surface area contributed by atoms with E-state index < -0.39 is 0 Å². The van der Waals surface area contributed by atoms with Gasteiger partial charge in [0.2, 0.25) is 0 Å². The van der Waals surface area contributed by atoms with Gasteiger partial charge in [-0.15, -0.1) is 0 Å². The second-order valence-electron chi connectivity index (χ2n) is 4.71. The molecule has 4 nitrogen and oxygen atoms in total. The third-order valence-electron chi connectivity index (χ3n) is 3.25. The van der Waals surface area contributed by atoms with Gasteiger partial charge in [0.15, 0.2) is 5.82 Å². The predicted octanol–water partition coefficient (Wildman–Crippen LogP) is 4.09. The monoisotopic (exact) mass is 298 g/mol. The first-order chi connectivity index (χ1) is 10.3. The van der Waals surface area contributed by atoms with E-state index in [1.807, 2.05) is 48.7 Å². The van der Waals surface area contributed by atoms with Gasteiger partial charge in [-0.1, -0.05) is 29.8 Å². The lowest BCUT2D eigenvalue weighted by Gasteiger charge is -2.18. The van der Waals surface area contributed by atoms with E-state index >= 15 is 0 Å². The highest BCUT2D eigenvalue weighted by atomic mass is 35.5. The Hall–Kier alpha value is -2.33. The number of nitrogens with zero attached hydrogens (tertiary/aromatic N) is 3. The summed E-state index contributed by atoms with van der Waals surface area (Å²) in [5.74, 6) is 0.765. The van der Waals surface area contributed by atoms with Crippen LogP contribution in [-0.2, 0) is 0 Å². The molecule has 0 aliphatic carbocycles. The van der Waals surface area contributed by atoms with Crippen molar-refractivity contribution in [3.63, 3.8) is 0 Å². The number of pyridine rings is 1. The first kappa shape index (κ1) is 13.6. The largest absolute Gasteiger partial charge is 0.375 e. The molecule has 1 atom stereocenters. The third kappa shape index (κ3) is 2.90. The van der Waals surface area contributed by atoms with Crippen LogP contribution in [0.25, 0.3) is 5.82 Å². The van der Waals surface area contributed by atoms with Gasteiger partial charge in [0.25, 0.3) is 0 Å². The Morgan fingerprint density at radius 2 is 1.95 bits per heavy atom. The quantitative estimate of drug-likeness (QED) is 0.789. The van der Waals surface area contributed by atoms with Crippen LogP contribution in [0.4, 0.5) is 5.69 Å². The Kier molecular flexibility index (Phi) is 3.88. The lowest BCUT2D eigenvalue weighted by molar-refractivity contribution is 0.829. The molecule has 0 bridgehead atoms. The number of halogens is 1. The van der Waals surface area contributed by atoms with Gasteiger partial charge in [-0.2, -0.15) is 5.10 Å². The van der Waals surface area contributed by atoms with Gasteiger partial charge in [-0.05, 0) is 36.8 Å². The summed E-state index contributed by atoms with van der Waals surface area (Å²) >= 11 is 6.25. The maximum absolute atomic E-state index is 6.25. The van der Waals surface area contributed by atoms with Crippen LogP contribution in [0.2, 0.25) is 5.02 Å². The second-order valence-corrected chi connectivity index (χ2v) is 5.12. The maximum Gasteiger partial charge on any atom is 0.176 e. The Balaban J connectivity index is 1.91. The smallest absolute Gasteiger partial charge is 0.176 e. The molecular weight excluding hydrogens is 284 g/mol. The average molecular weight is 299 g/mol. The normalized spacial score (nSPS) is 12.1. The van der Waals surface area contributed by atoms with Gasteiger partial charge < -0.3 is 5.32 Å². The van der Waals surface area contributed by atoms with Crippen molar-refractivity contribution in [3.05, 3.63) is 71.6 Å². The predicted molar refractivity (Wildman–Crippen MR) is 84.8 cm³/mol. The topological polar surface area (TPSA) is 42.7 Å². The average Bonchev–Trinajstić information content (AvgIpc) is 3.02. The molecule has 5 heteroatoms. The Labute approximate surface area is 128 Å². The molecule has 0 spiro atoms. The molecule has 21 heavy (non-hydrogen) atoms. The van der Waals surface area contributed by atoms with Crippen molar-refractivity contribution in [1.29, 1.82) is 0 Å². The second kappa shape index (κ2) is 5.97. The van der Waals surface area contributed by atoms with Crippen LogP contribution in [-0.4, -0.2) is 14.8 Å². The zero-order valence-electron chi connectivity index (χ0n) is 11.6. The van der Waals surface area contributed by atoms with Crippen molar-refractivity contribution < 1.29 is 0 Å². The molecule has 1 unspecified atom stereocenters. The van der Waals surface area contributed by atoms with Crippen molar-refractivity contribution >= 4 is 17.3 Å². The zero-order chi connectivity index (χ0) is 14.7. The number of rotatable bonds is 4. The minimum atomic E-state index is 0.0669. The minimum Gasteiger partial charge on any atom is -0.375 e. The number of hydrogen-bond acceptors (Lipinski definition) is 3. The van der Waals surface area contributed by atoms with E-state index in [1.54, 1.807) is 17.1 Å². The molecule has 0 aliphatic rings. The molecule has 0 saturated heterocycles. The number of nitrogens with one attached hydrogen (secondary N) is 1. The first-order valence-corrected chi connectivity index (χ1v) is 7.09. The molecule has 2 aromatic heterocycles. The summed E-state index contributed by atoms with van der Waals surface area (Å²) in [4.78, 5) is 4.40. The summed E-state index contributed by atoms with van der Waals surface area (Å²) in [6.45, 7) is 2.07. The van der Waals surface area contributed by atoms with Crippen molar-refractivity contribution in [3.8, 4) is 5.82 Å². The van der Waals surface area contributed by atoms with E-state index in [2.05, 4.69) is 22.3 Å². The number of benzene rings is 1. The highest BCUT2D eigenvalue weighted by molar-refractivity contribution is 6.31. The van der Waals surface area contributed by atoms with Crippen LogP contribution < -0.4 is 5.32 Å². The van der Waals surface area contributed by atoms with Crippen molar-refractivity contribution in [2.24, 2.45) is 0 Å². The van der Waals surface area contributed by atoms with E-state index in [4.69, 9.17) is 11.6 Å². The van der Waals surface area contributed by atoms with E-state index in [0.29, 0.717) is 0 Å². The summed E-state index contributed by atoms with van der Waals surface area (Å²) in [5.41, 5.74) is 1.96. The fourth-order valence-electron chi connectivity index (χ4n) is 2.22. The van der Waals surface area contributed by atoms with Crippen LogP contribution >= 0.6 is 11.6 Å². The number of hydrogen-bond donors (Lipinski definition) is 1. The SMILES string of the molecule is CC(Nc1cccnc1-n1cccn1)c1ccccc1Cl. The maximum atomic E-state index is 6.25. The van der Waals surface area contributed by atoms with E-state index in [-0.39, 0.29) is 6.04 Å². The van der Waals surface area contributed by atoms with Crippen LogP contribution in [0.3, 0.4) is 0 Å². The molecular formula is C16H15ClN4. The van der Waals surface area contributed by atoms with Gasteiger partial charge in [-0.25, -0.2) is 9.67 Å². The van der Waals surface area contributed by atoms with Crippen LogP contribution in [0.5, 0.6) is 0 Å². The Bertz CT molecular complexity index is 725. The van der Waals surface area contributed by atoms with E-state index in [0.717, 1.165) is 22.1 Å². The number of aromatic nitrogens is 3. The molecule has 3 rings (SSSR count). The van der Waals surface area contributed by atoms with Gasteiger partial charge in [0.1, 0.15) is 0 Å². The molecule has 2 heterocycles. The molecule has 3 aromatic rings. The highest BCUT2D eigenvalue weighted by Crippen LogP contribution is 2.27. The van der Waals surface area contributed by atoms with E-state index in [9.17, 15) is 0 Å². The summed E-state index contributed by atoms with van der Waals surface area (Å²) < 4.78 is 1.74. The first-order valence-electron chi connectivity index (χ1n) is 6.71. The molecule has 0 aliphatic heterocycles. The fraction of sp³-hybridized carbons (Fsp3) is 0.125. The molecule has 106 valence electrons. The van der Waals surface area contributed by atoms with Crippen LogP contribution in [0.15, 0.2) is 61.1 Å².